The predicted molar refractivity (Wildman–Crippen MR) is 68.5 cm³/mol. The number of carbonyl (C=O) groups is 1. The minimum absolute atomic E-state index is 0.442. The van der Waals surface area contributed by atoms with Crippen LogP contribution in [-0.4, -0.2) is 47.9 Å². The molecule has 0 spiro atoms. The molecule has 0 amide bonds. The van der Waals surface area contributed by atoms with E-state index in [2.05, 4.69) is 14.8 Å². The summed E-state index contributed by atoms with van der Waals surface area (Å²) in [6, 6.07) is 0.515. The molecule has 2 fully saturated rings. The highest BCUT2D eigenvalue weighted by Crippen LogP contribution is 2.24. The Bertz CT molecular complexity index is 384. The van der Waals surface area contributed by atoms with Crippen molar-refractivity contribution in [3.8, 4) is 0 Å². The van der Waals surface area contributed by atoms with E-state index in [9.17, 15) is 4.79 Å². The first kappa shape index (κ1) is 11.2. The molecule has 17 heavy (non-hydrogen) atoms. The number of rotatable bonds is 2. The van der Waals surface area contributed by atoms with Gasteiger partial charge >= 0.3 is 0 Å². The summed E-state index contributed by atoms with van der Waals surface area (Å²) in [6.45, 7) is 4.21. The summed E-state index contributed by atoms with van der Waals surface area (Å²) in [6.07, 6.45) is 4.49. The summed E-state index contributed by atoms with van der Waals surface area (Å²) in [5.41, 5.74) is 0. The van der Waals surface area contributed by atoms with Gasteiger partial charge in [0.25, 0.3) is 0 Å². The van der Waals surface area contributed by atoms with Crippen molar-refractivity contribution in [2.24, 2.45) is 0 Å². The van der Waals surface area contributed by atoms with E-state index < -0.39 is 0 Å². The van der Waals surface area contributed by atoms with Crippen LogP contribution in [0.15, 0.2) is 11.6 Å². The molecule has 1 aliphatic carbocycles. The maximum Gasteiger partial charge on any atom is 0.185 e. The molecule has 0 aromatic carbocycles. The zero-order valence-electron chi connectivity index (χ0n) is 9.84. The number of carbonyl (C=O) groups excluding carboxylic acids is 1. The number of hydrogen-bond acceptors (Lipinski definition) is 5. The molecule has 1 unspecified atom stereocenters. The Hall–Kier alpha value is -0.940. The van der Waals surface area contributed by atoms with Crippen molar-refractivity contribution in [1.82, 2.24) is 9.88 Å². The second-order valence-corrected chi connectivity index (χ2v) is 5.65. The average Bonchev–Trinajstić information content (AvgIpc) is 3.00. The molecule has 1 aromatic rings. The fourth-order valence-electron chi connectivity index (χ4n) is 2.76. The van der Waals surface area contributed by atoms with E-state index in [1.165, 1.54) is 0 Å². The van der Waals surface area contributed by atoms with Crippen LogP contribution in [0.25, 0.3) is 0 Å². The van der Waals surface area contributed by atoms with Gasteiger partial charge in [0.1, 0.15) is 5.78 Å². The smallest absolute Gasteiger partial charge is 0.185 e. The predicted octanol–water partition coefficient (Wildman–Crippen LogP) is 1.39. The topological polar surface area (TPSA) is 36.4 Å². The molecule has 5 heteroatoms. The summed E-state index contributed by atoms with van der Waals surface area (Å²) < 4.78 is 0. The Morgan fingerprint density at radius 2 is 2.12 bits per heavy atom. The molecule has 1 saturated carbocycles. The number of thiazole rings is 1. The van der Waals surface area contributed by atoms with E-state index in [1.54, 1.807) is 11.3 Å². The van der Waals surface area contributed by atoms with Crippen molar-refractivity contribution in [3.63, 3.8) is 0 Å². The van der Waals surface area contributed by atoms with E-state index in [4.69, 9.17) is 0 Å². The van der Waals surface area contributed by atoms with Crippen LogP contribution in [0.5, 0.6) is 0 Å². The first-order chi connectivity index (χ1) is 8.33. The SMILES string of the molecule is O=C1CCC(N2CCN(c3nccs3)CC2)C1. The number of Topliss-reactive ketones (excluding diaryl/α,β-unsaturated/α-hetero) is 1. The van der Waals surface area contributed by atoms with Gasteiger partial charge < -0.3 is 4.90 Å². The van der Waals surface area contributed by atoms with Gasteiger partial charge in [-0.2, -0.15) is 0 Å². The Morgan fingerprint density at radius 1 is 1.29 bits per heavy atom. The zero-order valence-corrected chi connectivity index (χ0v) is 10.7. The van der Waals surface area contributed by atoms with Crippen LogP contribution in [0, 0.1) is 0 Å². The Morgan fingerprint density at radius 3 is 2.71 bits per heavy atom. The number of hydrogen-bond donors (Lipinski definition) is 0. The summed E-state index contributed by atoms with van der Waals surface area (Å²) in [5.74, 6) is 0.442. The first-order valence-electron chi connectivity index (χ1n) is 6.23. The molecule has 0 N–H and O–H groups in total. The Labute approximate surface area is 105 Å². The van der Waals surface area contributed by atoms with Gasteiger partial charge in [-0.05, 0) is 6.42 Å². The number of aromatic nitrogens is 1. The summed E-state index contributed by atoms with van der Waals surface area (Å²) in [4.78, 5) is 20.5. The maximum absolute atomic E-state index is 11.3. The molecule has 0 radical (unpaired) electrons. The van der Waals surface area contributed by atoms with Crippen LogP contribution < -0.4 is 4.90 Å². The van der Waals surface area contributed by atoms with Crippen LogP contribution in [0.1, 0.15) is 19.3 Å². The monoisotopic (exact) mass is 251 g/mol. The average molecular weight is 251 g/mol. The summed E-state index contributed by atoms with van der Waals surface area (Å²) >= 11 is 1.71. The molecular weight excluding hydrogens is 234 g/mol. The van der Waals surface area contributed by atoms with Gasteiger partial charge in [0.2, 0.25) is 0 Å². The number of ketones is 1. The van der Waals surface area contributed by atoms with Crippen molar-refractivity contribution < 1.29 is 4.79 Å². The molecule has 0 bridgehead atoms. The number of nitrogens with zero attached hydrogens (tertiary/aromatic N) is 3. The van der Waals surface area contributed by atoms with Gasteiger partial charge in [0, 0.05) is 56.6 Å². The second kappa shape index (κ2) is 4.74. The summed E-state index contributed by atoms with van der Waals surface area (Å²) in [7, 11) is 0. The molecule has 1 aromatic heterocycles. The normalized spacial score (nSPS) is 26.7. The summed E-state index contributed by atoms with van der Waals surface area (Å²) in [5, 5.41) is 3.16. The maximum atomic E-state index is 11.3. The molecule has 1 aliphatic heterocycles. The lowest BCUT2D eigenvalue weighted by Crippen LogP contribution is -2.49. The zero-order chi connectivity index (χ0) is 11.7. The van der Waals surface area contributed by atoms with Gasteiger partial charge in [-0.3, -0.25) is 9.69 Å². The van der Waals surface area contributed by atoms with Crippen molar-refractivity contribution in [2.75, 3.05) is 31.1 Å². The standard InChI is InChI=1S/C12H17N3OS/c16-11-2-1-10(9-11)14-4-6-15(7-5-14)12-13-3-8-17-12/h3,8,10H,1-2,4-7,9H2. The third-order valence-corrected chi connectivity index (χ3v) is 4.57. The van der Waals surface area contributed by atoms with E-state index in [0.717, 1.165) is 50.6 Å². The molecule has 3 rings (SSSR count). The molecular formula is C12H17N3OS. The minimum atomic E-state index is 0.442. The third-order valence-electron chi connectivity index (χ3n) is 3.74. The highest BCUT2D eigenvalue weighted by Gasteiger charge is 2.30. The third kappa shape index (κ3) is 2.35. The van der Waals surface area contributed by atoms with Crippen LogP contribution in [0.2, 0.25) is 0 Å². The lowest BCUT2D eigenvalue weighted by Gasteiger charge is -2.37. The van der Waals surface area contributed by atoms with Crippen molar-refractivity contribution in [1.29, 1.82) is 0 Å². The van der Waals surface area contributed by atoms with Crippen LogP contribution in [-0.2, 0) is 4.79 Å². The fraction of sp³-hybridized carbons (Fsp3) is 0.667. The van der Waals surface area contributed by atoms with E-state index in [-0.39, 0.29) is 0 Å². The molecule has 1 atom stereocenters. The lowest BCUT2D eigenvalue weighted by atomic mass is 10.2. The molecule has 1 saturated heterocycles. The van der Waals surface area contributed by atoms with Crippen LogP contribution in [0.4, 0.5) is 5.13 Å². The Balaban J connectivity index is 1.55. The lowest BCUT2D eigenvalue weighted by molar-refractivity contribution is -0.117. The molecule has 4 nitrogen and oxygen atoms in total. The van der Waals surface area contributed by atoms with E-state index >= 15 is 0 Å². The van der Waals surface area contributed by atoms with Crippen molar-refractivity contribution in [2.45, 2.75) is 25.3 Å². The highest BCUT2D eigenvalue weighted by atomic mass is 32.1. The minimum Gasteiger partial charge on any atom is -0.346 e. The van der Waals surface area contributed by atoms with Gasteiger partial charge in [-0.1, -0.05) is 0 Å². The molecule has 2 aliphatic rings. The molecule has 2 heterocycles. The van der Waals surface area contributed by atoms with Crippen LogP contribution >= 0.6 is 11.3 Å². The fourth-order valence-corrected chi connectivity index (χ4v) is 3.45. The molecule has 92 valence electrons. The van der Waals surface area contributed by atoms with Gasteiger partial charge in [-0.15, -0.1) is 11.3 Å². The van der Waals surface area contributed by atoms with Crippen molar-refractivity contribution >= 4 is 22.3 Å². The number of anilines is 1. The van der Waals surface area contributed by atoms with Gasteiger partial charge in [0.15, 0.2) is 5.13 Å². The quantitative estimate of drug-likeness (QED) is 0.796. The van der Waals surface area contributed by atoms with Crippen LogP contribution in [0.3, 0.4) is 0 Å². The largest absolute Gasteiger partial charge is 0.346 e. The van der Waals surface area contributed by atoms with Gasteiger partial charge in [-0.25, -0.2) is 4.98 Å². The second-order valence-electron chi connectivity index (χ2n) is 4.77. The van der Waals surface area contributed by atoms with Gasteiger partial charge in [0.05, 0.1) is 0 Å². The first-order valence-corrected chi connectivity index (χ1v) is 7.11. The number of piperazine rings is 1. The Kier molecular flexibility index (Phi) is 3.11. The van der Waals surface area contributed by atoms with Crippen molar-refractivity contribution in [3.05, 3.63) is 11.6 Å². The van der Waals surface area contributed by atoms with E-state index in [0.29, 0.717) is 11.8 Å². The highest BCUT2D eigenvalue weighted by molar-refractivity contribution is 7.13. The van der Waals surface area contributed by atoms with E-state index in [1.807, 2.05) is 11.6 Å².